The Kier molecular flexibility index (Phi) is 4.15. The van der Waals surface area contributed by atoms with Crippen LogP contribution in [0.4, 0.5) is 0 Å². The van der Waals surface area contributed by atoms with E-state index in [2.05, 4.69) is 31.8 Å². The Morgan fingerprint density at radius 3 is 3.04 bits per heavy atom. The predicted molar refractivity (Wildman–Crippen MR) is 94.3 cm³/mol. The van der Waals surface area contributed by atoms with Crippen molar-refractivity contribution in [3.63, 3.8) is 0 Å². The number of nitrogens with one attached hydrogen (secondary N) is 1. The number of fused-ring (bicyclic) bond motifs is 3. The third kappa shape index (κ3) is 3.11. The first kappa shape index (κ1) is 16.1. The van der Waals surface area contributed by atoms with Crippen molar-refractivity contribution in [2.75, 3.05) is 26.7 Å². The fraction of sp³-hybridized carbons (Fsp3) is 0.389. The van der Waals surface area contributed by atoms with Crippen LogP contribution < -0.4 is 5.32 Å². The maximum atomic E-state index is 12.6. The van der Waals surface area contributed by atoms with E-state index in [0.29, 0.717) is 17.2 Å². The molecule has 1 amide bonds. The number of aromatic nitrogens is 1. The first-order valence-electron chi connectivity index (χ1n) is 8.14. The second-order valence-corrected chi connectivity index (χ2v) is 7.26. The standard InChI is InChI=1S/C18H17N3O3S/c1-24-17(22)3-2-12-10-25-16-7-19-14(6-13(12)16)18(23)20-15-9-21-5-4-11(15)8-21/h6-7,10-11,15H,4-5,8-9H2,1H3,(H,20,23). The summed E-state index contributed by atoms with van der Waals surface area (Å²) in [5, 5.41) is 5.80. The van der Waals surface area contributed by atoms with Crippen LogP contribution in [0.2, 0.25) is 0 Å². The number of pyridine rings is 1. The van der Waals surface area contributed by atoms with Gasteiger partial charge in [-0.3, -0.25) is 4.79 Å². The van der Waals surface area contributed by atoms with Crippen molar-refractivity contribution in [1.29, 1.82) is 0 Å². The van der Waals surface area contributed by atoms with E-state index in [1.54, 1.807) is 12.3 Å². The molecule has 2 saturated heterocycles. The monoisotopic (exact) mass is 355 g/mol. The Labute approximate surface area is 149 Å². The Morgan fingerprint density at radius 2 is 2.32 bits per heavy atom. The third-order valence-corrected chi connectivity index (χ3v) is 5.76. The molecule has 1 N–H and O–H groups in total. The molecule has 6 nitrogen and oxygen atoms in total. The van der Waals surface area contributed by atoms with Gasteiger partial charge in [0.2, 0.25) is 0 Å². The maximum absolute atomic E-state index is 12.6. The van der Waals surface area contributed by atoms with Gasteiger partial charge in [-0.25, -0.2) is 9.78 Å². The van der Waals surface area contributed by atoms with Gasteiger partial charge in [-0.15, -0.1) is 11.3 Å². The molecule has 2 bridgehead atoms. The van der Waals surface area contributed by atoms with Gasteiger partial charge in [0, 0.05) is 47.6 Å². The molecule has 2 aliphatic heterocycles. The third-order valence-electron chi connectivity index (χ3n) is 4.83. The average Bonchev–Trinajstić information content (AvgIpc) is 3.34. The van der Waals surface area contributed by atoms with Crippen molar-refractivity contribution >= 4 is 33.3 Å². The van der Waals surface area contributed by atoms with Gasteiger partial charge in [0.1, 0.15) is 5.69 Å². The minimum absolute atomic E-state index is 0.154. The van der Waals surface area contributed by atoms with Crippen molar-refractivity contribution in [3.8, 4) is 11.8 Å². The van der Waals surface area contributed by atoms with E-state index < -0.39 is 5.97 Å². The highest BCUT2D eigenvalue weighted by atomic mass is 32.1. The molecule has 0 aromatic carbocycles. The molecule has 2 aromatic rings. The van der Waals surface area contributed by atoms with Gasteiger partial charge in [-0.05, 0) is 24.9 Å². The summed E-state index contributed by atoms with van der Waals surface area (Å²) in [6, 6.07) is 1.95. The van der Waals surface area contributed by atoms with Crippen molar-refractivity contribution in [3.05, 3.63) is 28.9 Å². The fourth-order valence-electron chi connectivity index (χ4n) is 3.51. The molecule has 3 atom stereocenters. The molecule has 2 aliphatic rings. The first-order chi connectivity index (χ1) is 12.1. The molecular formula is C18H17N3O3S. The zero-order valence-electron chi connectivity index (χ0n) is 13.7. The minimum atomic E-state index is -0.586. The first-order valence-corrected chi connectivity index (χ1v) is 9.02. The number of methoxy groups -OCH3 is 1. The Balaban J connectivity index is 1.56. The highest BCUT2D eigenvalue weighted by Gasteiger charge is 2.38. The summed E-state index contributed by atoms with van der Waals surface area (Å²) in [5.41, 5.74) is 1.08. The van der Waals surface area contributed by atoms with Crippen LogP contribution in [0, 0.1) is 17.8 Å². The zero-order valence-corrected chi connectivity index (χ0v) is 14.6. The summed E-state index contributed by atoms with van der Waals surface area (Å²) in [6.45, 7) is 3.14. The van der Waals surface area contributed by atoms with Crippen LogP contribution in [0.15, 0.2) is 17.6 Å². The molecule has 4 heterocycles. The van der Waals surface area contributed by atoms with Gasteiger partial charge < -0.3 is 15.0 Å². The summed E-state index contributed by atoms with van der Waals surface area (Å²) in [7, 11) is 1.29. The van der Waals surface area contributed by atoms with Gasteiger partial charge >= 0.3 is 5.97 Å². The molecule has 0 aliphatic carbocycles. The minimum Gasteiger partial charge on any atom is -0.459 e. The topological polar surface area (TPSA) is 71.5 Å². The predicted octanol–water partition coefficient (Wildman–Crippen LogP) is 1.25. The molecule has 128 valence electrons. The van der Waals surface area contributed by atoms with Gasteiger partial charge in [-0.2, -0.15) is 0 Å². The van der Waals surface area contributed by atoms with Crippen LogP contribution in [-0.2, 0) is 9.53 Å². The Morgan fingerprint density at radius 1 is 1.44 bits per heavy atom. The van der Waals surface area contributed by atoms with Crippen LogP contribution in [0.3, 0.4) is 0 Å². The number of carbonyl (C=O) groups excluding carboxylic acids is 2. The number of thiophene rings is 1. The smallest absolute Gasteiger partial charge is 0.384 e. The number of hydrogen-bond acceptors (Lipinski definition) is 6. The van der Waals surface area contributed by atoms with Crippen molar-refractivity contribution < 1.29 is 14.3 Å². The number of esters is 1. The largest absolute Gasteiger partial charge is 0.459 e. The zero-order chi connectivity index (χ0) is 17.4. The van der Waals surface area contributed by atoms with Crippen LogP contribution in [0.5, 0.6) is 0 Å². The lowest BCUT2D eigenvalue weighted by atomic mass is 10.00. The van der Waals surface area contributed by atoms with E-state index in [0.717, 1.165) is 36.1 Å². The number of carbonyl (C=O) groups is 2. The van der Waals surface area contributed by atoms with Crippen molar-refractivity contribution in [2.24, 2.45) is 5.92 Å². The van der Waals surface area contributed by atoms with Crippen molar-refractivity contribution in [1.82, 2.24) is 15.2 Å². The molecule has 7 heteroatoms. The van der Waals surface area contributed by atoms with Gasteiger partial charge in [0.15, 0.2) is 0 Å². The SMILES string of the molecule is COC(=O)C#Cc1csc2cnc(C(=O)NC3CN4CCC3C4)cc12. The van der Waals surface area contributed by atoms with Crippen LogP contribution in [-0.4, -0.2) is 54.5 Å². The number of amides is 1. The highest BCUT2D eigenvalue weighted by Crippen LogP contribution is 2.28. The lowest BCUT2D eigenvalue weighted by Gasteiger charge is -2.22. The van der Waals surface area contributed by atoms with E-state index in [1.807, 2.05) is 5.38 Å². The highest BCUT2D eigenvalue weighted by molar-refractivity contribution is 7.17. The summed E-state index contributed by atoms with van der Waals surface area (Å²) >= 11 is 1.48. The van der Waals surface area contributed by atoms with E-state index >= 15 is 0 Å². The molecule has 4 rings (SSSR count). The molecule has 0 radical (unpaired) electrons. The van der Waals surface area contributed by atoms with Crippen LogP contribution in [0.1, 0.15) is 22.5 Å². The molecule has 0 saturated carbocycles. The average molecular weight is 355 g/mol. The van der Waals surface area contributed by atoms with Crippen molar-refractivity contribution in [2.45, 2.75) is 12.5 Å². The maximum Gasteiger partial charge on any atom is 0.384 e. The fourth-order valence-corrected chi connectivity index (χ4v) is 4.35. The molecule has 25 heavy (non-hydrogen) atoms. The summed E-state index contributed by atoms with van der Waals surface area (Å²) in [5.74, 6) is 5.03. The lowest BCUT2D eigenvalue weighted by molar-refractivity contribution is -0.133. The quantitative estimate of drug-likeness (QED) is 0.649. The van der Waals surface area contributed by atoms with Gasteiger partial charge in [0.25, 0.3) is 5.91 Å². The van der Waals surface area contributed by atoms with Gasteiger partial charge in [-0.1, -0.05) is 5.92 Å². The molecule has 2 fully saturated rings. The van der Waals surface area contributed by atoms with Gasteiger partial charge in [0.05, 0.1) is 11.8 Å². The number of piperidine rings is 1. The summed E-state index contributed by atoms with van der Waals surface area (Å²) < 4.78 is 5.46. The Hall–Kier alpha value is -2.43. The number of ether oxygens (including phenoxy) is 1. The van der Waals surface area contributed by atoms with E-state index in [1.165, 1.54) is 18.4 Å². The Bertz CT molecular complexity index is 911. The second-order valence-electron chi connectivity index (χ2n) is 6.34. The number of rotatable bonds is 2. The molecular weight excluding hydrogens is 338 g/mol. The van der Waals surface area contributed by atoms with E-state index in [9.17, 15) is 9.59 Å². The molecule has 0 spiro atoms. The lowest BCUT2D eigenvalue weighted by Crippen LogP contribution is -2.43. The van der Waals surface area contributed by atoms with E-state index in [-0.39, 0.29) is 11.9 Å². The summed E-state index contributed by atoms with van der Waals surface area (Å²) in [6.07, 6.45) is 2.83. The summed E-state index contributed by atoms with van der Waals surface area (Å²) in [4.78, 5) is 30.4. The van der Waals surface area contributed by atoms with E-state index in [4.69, 9.17) is 0 Å². The second kappa shape index (κ2) is 6.47. The molecule has 3 unspecified atom stereocenters. The number of nitrogens with zero attached hydrogens (tertiary/aromatic N) is 2. The van der Waals surface area contributed by atoms with Crippen LogP contribution >= 0.6 is 11.3 Å². The number of hydrogen-bond donors (Lipinski definition) is 1. The molecule has 2 aromatic heterocycles. The normalized spacial score (nSPS) is 24.0. The van der Waals surface area contributed by atoms with Crippen LogP contribution in [0.25, 0.3) is 10.1 Å².